The van der Waals surface area contributed by atoms with E-state index in [1.807, 2.05) is 30.3 Å². The number of nitrogens with one attached hydrogen (secondary N) is 2. The molecule has 3 aromatic carbocycles. The van der Waals surface area contributed by atoms with E-state index in [0.29, 0.717) is 11.4 Å². The molecule has 150 valence electrons. The van der Waals surface area contributed by atoms with Gasteiger partial charge in [-0.2, -0.15) is 0 Å². The first-order chi connectivity index (χ1) is 14.2. The van der Waals surface area contributed by atoms with Crippen LogP contribution in [0.15, 0.2) is 78.9 Å². The van der Waals surface area contributed by atoms with E-state index in [-0.39, 0.29) is 12.5 Å². The molecule has 0 heterocycles. The summed E-state index contributed by atoms with van der Waals surface area (Å²) in [5.74, 6) is 1.31. The highest BCUT2D eigenvalue weighted by molar-refractivity contribution is 5.91. The molecule has 5 nitrogen and oxygen atoms in total. The molecule has 0 aliphatic carbocycles. The first-order valence-corrected chi connectivity index (χ1v) is 9.63. The van der Waals surface area contributed by atoms with Crippen molar-refractivity contribution in [2.24, 2.45) is 0 Å². The summed E-state index contributed by atoms with van der Waals surface area (Å²) < 4.78 is 10.7. The van der Waals surface area contributed by atoms with E-state index in [0.717, 1.165) is 25.3 Å². The van der Waals surface area contributed by atoms with E-state index in [2.05, 4.69) is 47.0 Å². The van der Waals surface area contributed by atoms with E-state index >= 15 is 0 Å². The molecule has 2 N–H and O–H groups in total. The maximum atomic E-state index is 11.5. The molecule has 3 aromatic rings. The van der Waals surface area contributed by atoms with Gasteiger partial charge >= 0.3 is 0 Å². The summed E-state index contributed by atoms with van der Waals surface area (Å²) in [4.78, 5) is 11.5. The lowest BCUT2D eigenvalue weighted by atomic mass is 10.1. The van der Waals surface area contributed by atoms with E-state index < -0.39 is 0 Å². The summed E-state index contributed by atoms with van der Waals surface area (Å²) in [7, 11) is 1.49. The lowest BCUT2D eigenvalue weighted by Crippen LogP contribution is -2.16. The van der Waals surface area contributed by atoms with Gasteiger partial charge in [-0.1, -0.05) is 42.5 Å². The van der Waals surface area contributed by atoms with Gasteiger partial charge in [-0.15, -0.1) is 0 Å². The fourth-order valence-electron chi connectivity index (χ4n) is 2.86. The SMILES string of the molecule is COCC(=O)Nc1ccc(Oc2ccc(CCNCc3ccccc3)cc2)cc1. The first-order valence-electron chi connectivity index (χ1n) is 9.63. The second-order valence-corrected chi connectivity index (χ2v) is 6.66. The standard InChI is InChI=1S/C24H26N2O3/c1-28-18-24(27)26-21-9-13-23(14-10-21)29-22-11-7-19(8-12-22)15-16-25-17-20-5-3-2-4-6-20/h2-14,25H,15-18H2,1H3,(H,26,27). The van der Waals surface area contributed by atoms with Crippen LogP contribution in [0, 0.1) is 0 Å². The Morgan fingerprint density at radius 1 is 0.828 bits per heavy atom. The molecular formula is C24H26N2O3. The van der Waals surface area contributed by atoms with Gasteiger partial charge in [0.2, 0.25) is 5.91 Å². The second kappa shape index (κ2) is 11.0. The average molecular weight is 390 g/mol. The molecule has 5 heteroatoms. The topological polar surface area (TPSA) is 59.6 Å². The quantitative estimate of drug-likeness (QED) is 0.504. The Morgan fingerprint density at radius 3 is 2.14 bits per heavy atom. The molecule has 0 atom stereocenters. The molecule has 0 radical (unpaired) electrons. The van der Waals surface area contributed by atoms with Gasteiger partial charge in [0.05, 0.1) is 0 Å². The molecule has 1 amide bonds. The van der Waals surface area contributed by atoms with Crippen LogP contribution in [0.5, 0.6) is 11.5 Å². The molecule has 0 aliphatic rings. The van der Waals surface area contributed by atoms with Gasteiger partial charge in [0.15, 0.2) is 0 Å². The number of amides is 1. The molecule has 0 unspecified atom stereocenters. The number of rotatable bonds is 10. The molecule has 0 saturated heterocycles. The van der Waals surface area contributed by atoms with E-state index in [1.54, 1.807) is 12.1 Å². The van der Waals surface area contributed by atoms with E-state index in [9.17, 15) is 4.79 Å². The van der Waals surface area contributed by atoms with Gasteiger partial charge in [0.1, 0.15) is 18.1 Å². The zero-order valence-electron chi connectivity index (χ0n) is 16.6. The third-order valence-electron chi connectivity index (χ3n) is 4.33. The molecule has 0 fully saturated rings. The van der Waals surface area contributed by atoms with Gasteiger partial charge in [0, 0.05) is 19.3 Å². The normalized spacial score (nSPS) is 10.5. The van der Waals surface area contributed by atoms with Crippen LogP contribution in [0.2, 0.25) is 0 Å². The van der Waals surface area contributed by atoms with Gasteiger partial charge in [-0.25, -0.2) is 0 Å². The van der Waals surface area contributed by atoms with Crippen LogP contribution in [0.1, 0.15) is 11.1 Å². The van der Waals surface area contributed by atoms with Crippen molar-refractivity contribution in [1.29, 1.82) is 0 Å². The fraction of sp³-hybridized carbons (Fsp3) is 0.208. The number of hydrogen-bond donors (Lipinski definition) is 2. The summed E-state index contributed by atoms with van der Waals surface area (Å²) >= 11 is 0. The van der Waals surface area contributed by atoms with Gasteiger partial charge < -0.3 is 20.1 Å². The number of ether oxygens (including phenoxy) is 2. The Labute approximate surface area is 171 Å². The highest BCUT2D eigenvalue weighted by atomic mass is 16.5. The molecular weight excluding hydrogens is 364 g/mol. The number of methoxy groups -OCH3 is 1. The highest BCUT2D eigenvalue weighted by Crippen LogP contribution is 2.23. The summed E-state index contributed by atoms with van der Waals surface area (Å²) in [5, 5.41) is 6.21. The number of carbonyl (C=O) groups is 1. The summed E-state index contributed by atoms with van der Waals surface area (Å²) in [6.45, 7) is 1.84. The number of hydrogen-bond acceptors (Lipinski definition) is 4. The Hall–Kier alpha value is -3.15. The first kappa shape index (κ1) is 20.6. The molecule has 0 aromatic heterocycles. The Bertz CT molecular complexity index is 878. The summed E-state index contributed by atoms with van der Waals surface area (Å²) in [6.07, 6.45) is 0.961. The molecule has 3 rings (SSSR count). The second-order valence-electron chi connectivity index (χ2n) is 6.66. The van der Waals surface area contributed by atoms with Crippen LogP contribution in [-0.4, -0.2) is 26.2 Å². The maximum Gasteiger partial charge on any atom is 0.250 e. The van der Waals surface area contributed by atoms with Crippen molar-refractivity contribution in [2.75, 3.05) is 25.6 Å². The van der Waals surface area contributed by atoms with Crippen molar-refractivity contribution >= 4 is 11.6 Å². The summed E-state index contributed by atoms with van der Waals surface area (Å²) in [6, 6.07) is 25.8. The summed E-state index contributed by atoms with van der Waals surface area (Å²) in [5.41, 5.74) is 3.26. The minimum atomic E-state index is -0.185. The van der Waals surface area contributed by atoms with Crippen LogP contribution < -0.4 is 15.4 Å². The fourth-order valence-corrected chi connectivity index (χ4v) is 2.86. The van der Waals surface area contributed by atoms with Crippen molar-refractivity contribution in [1.82, 2.24) is 5.32 Å². The van der Waals surface area contributed by atoms with Crippen molar-refractivity contribution < 1.29 is 14.3 Å². The van der Waals surface area contributed by atoms with Crippen molar-refractivity contribution in [3.63, 3.8) is 0 Å². The lowest BCUT2D eigenvalue weighted by molar-refractivity contribution is -0.119. The van der Waals surface area contributed by atoms with Crippen LogP contribution in [0.25, 0.3) is 0 Å². The molecule has 0 spiro atoms. The van der Waals surface area contributed by atoms with Crippen LogP contribution in [0.3, 0.4) is 0 Å². The number of benzene rings is 3. The average Bonchev–Trinajstić information content (AvgIpc) is 2.75. The Kier molecular flexibility index (Phi) is 7.81. The maximum absolute atomic E-state index is 11.5. The zero-order chi connectivity index (χ0) is 20.3. The zero-order valence-corrected chi connectivity index (χ0v) is 16.6. The number of carbonyl (C=O) groups excluding carboxylic acids is 1. The van der Waals surface area contributed by atoms with Crippen LogP contribution in [0.4, 0.5) is 5.69 Å². The predicted octanol–water partition coefficient (Wildman–Crippen LogP) is 4.40. The van der Waals surface area contributed by atoms with Gasteiger partial charge in [-0.05, 0) is 60.5 Å². The molecule has 0 saturated carbocycles. The monoisotopic (exact) mass is 390 g/mol. The molecule has 0 aliphatic heterocycles. The van der Waals surface area contributed by atoms with Crippen LogP contribution in [-0.2, 0) is 22.5 Å². The highest BCUT2D eigenvalue weighted by Gasteiger charge is 2.03. The minimum absolute atomic E-state index is 0.0341. The predicted molar refractivity (Wildman–Crippen MR) is 115 cm³/mol. The Morgan fingerprint density at radius 2 is 1.48 bits per heavy atom. The third kappa shape index (κ3) is 7.07. The minimum Gasteiger partial charge on any atom is -0.457 e. The Balaban J connectivity index is 1.43. The van der Waals surface area contributed by atoms with E-state index in [4.69, 9.17) is 9.47 Å². The van der Waals surface area contributed by atoms with Crippen molar-refractivity contribution in [3.8, 4) is 11.5 Å². The van der Waals surface area contributed by atoms with Crippen molar-refractivity contribution in [3.05, 3.63) is 90.0 Å². The molecule has 0 bridgehead atoms. The smallest absolute Gasteiger partial charge is 0.250 e. The largest absolute Gasteiger partial charge is 0.457 e. The van der Waals surface area contributed by atoms with Crippen LogP contribution >= 0.6 is 0 Å². The number of anilines is 1. The molecule has 29 heavy (non-hydrogen) atoms. The van der Waals surface area contributed by atoms with E-state index in [1.165, 1.54) is 18.2 Å². The van der Waals surface area contributed by atoms with Gasteiger partial charge in [0.25, 0.3) is 0 Å². The lowest BCUT2D eigenvalue weighted by Gasteiger charge is -2.09. The van der Waals surface area contributed by atoms with Gasteiger partial charge in [-0.3, -0.25) is 4.79 Å². The van der Waals surface area contributed by atoms with Crippen molar-refractivity contribution in [2.45, 2.75) is 13.0 Å². The third-order valence-corrected chi connectivity index (χ3v) is 4.33.